The second-order valence-electron chi connectivity index (χ2n) is 24.4. The fraction of sp³-hybridized carbons (Fsp3) is 0.737. The quantitative estimate of drug-likeness (QED) is 0.0515. The topological polar surface area (TPSA) is 103 Å². The van der Waals surface area contributed by atoms with Crippen LogP contribution in [0.15, 0.2) is 48.5 Å². The predicted molar refractivity (Wildman–Crippen MR) is 355 cm³/mol. The van der Waals surface area contributed by atoms with E-state index < -0.39 is 0 Å². The van der Waals surface area contributed by atoms with Gasteiger partial charge in [0.15, 0.2) is 34.5 Å². The van der Waals surface area contributed by atoms with E-state index in [0.29, 0.717) is 72.4 Å². The monoisotopic (exact) mass is 1160 g/mol. The standard InChI is InChI=1S/C76H124N2O6/c1-5-9-13-17-21-25-29-33-37-41-45-49-57-79-71-55-53-69(63-73(71)81-59-51-47-43-39-35-31-27-23-19-15-11-7-3)83-75-61-67(65-77)68(66-78)62-76(75)84-70-54-56-72(80-58-50-46-42-38-34-30-26-22-18-14-10-6-2)74(64-70)82-60-52-48-44-40-36-32-28-24-20-16-12-8-4/h53-56,61-64H,5-52,57-60H2,1-4H3. The second-order valence-corrected chi connectivity index (χ2v) is 24.4. The van der Waals surface area contributed by atoms with Gasteiger partial charge in [0.05, 0.1) is 37.6 Å². The molecule has 0 amide bonds. The first-order chi connectivity index (χ1) is 41.6. The molecule has 0 unspecified atom stereocenters. The van der Waals surface area contributed by atoms with Crippen molar-refractivity contribution in [1.29, 1.82) is 10.5 Å². The largest absolute Gasteiger partial charge is 0.490 e. The van der Waals surface area contributed by atoms with Crippen molar-refractivity contribution in [2.45, 2.75) is 336 Å². The predicted octanol–water partition coefficient (Wildman–Crippen LogP) is 25.3. The minimum absolute atomic E-state index is 0.207. The molecule has 474 valence electrons. The Balaban J connectivity index is 1.70. The van der Waals surface area contributed by atoms with E-state index in [9.17, 15) is 10.5 Å². The lowest BCUT2D eigenvalue weighted by atomic mass is 10.1. The van der Waals surface area contributed by atoms with E-state index in [0.717, 1.165) is 51.4 Å². The second kappa shape index (κ2) is 53.9. The number of benzene rings is 3. The Kier molecular flexibility index (Phi) is 47.3. The lowest BCUT2D eigenvalue weighted by Gasteiger charge is -2.18. The molecule has 0 aliphatic heterocycles. The number of hydrogen-bond donors (Lipinski definition) is 0. The highest BCUT2D eigenvalue weighted by Crippen LogP contribution is 2.42. The maximum atomic E-state index is 10.2. The zero-order valence-corrected chi connectivity index (χ0v) is 54.7. The van der Waals surface area contributed by atoms with Gasteiger partial charge in [-0.25, -0.2) is 0 Å². The number of rotatable bonds is 60. The molecule has 0 atom stereocenters. The van der Waals surface area contributed by atoms with Crippen LogP contribution in [0, 0.1) is 22.7 Å². The van der Waals surface area contributed by atoms with Crippen molar-refractivity contribution < 1.29 is 28.4 Å². The lowest BCUT2D eigenvalue weighted by molar-refractivity contribution is 0.257. The number of ether oxygens (including phenoxy) is 6. The Hall–Kier alpha value is -4.56. The van der Waals surface area contributed by atoms with Gasteiger partial charge in [0.1, 0.15) is 23.6 Å². The number of nitrogens with zero attached hydrogens (tertiary/aromatic N) is 2. The van der Waals surface area contributed by atoms with Crippen LogP contribution in [0.5, 0.6) is 46.0 Å². The van der Waals surface area contributed by atoms with Gasteiger partial charge in [-0.1, -0.05) is 310 Å². The Bertz CT molecular complexity index is 1940. The molecule has 84 heavy (non-hydrogen) atoms. The van der Waals surface area contributed by atoms with Crippen molar-refractivity contribution >= 4 is 0 Å². The van der Waals surface area contributed by atoms with Crippen LogP contribution in [0.1, 0.15) is 347 Å². The highest BCUT2D eigenvalue weighted by molar-refractivity contribution is 5.59. The minimum Gasteiger partial charge on any atom is -0.490 e. The van der Waals surface area contributed by atoms with Crippen molar-refractivity contribution in [3.63, 3.8) is 0 Å². The van der Waals surface area contributed by atoms with Gasteiger partial charge in [-0.15, -0.1) is 0 Å². The minimum atomic E-state index is 0.207. The zero-order valence-electron chi connectivity index (χ0n) is 54.7. The normalized spacial score (nSPS) is 11.2. The Morgan fingerprint density at radius 3 is 0.655 bits per heavy atom. The summed E-state index contributed by atoms with van der Waals surface area (Å²) in [7, 11) is 0. The van der Waals surface area contributed by atoms with Gasteiger partial charge in [0.2, 0.25) is 0 Å². The molecule has 0 bridgehead atoms. The highest BCUT2D eigenvalue weighted by atomic mass is 16.5. The van der Waals surface area contributed by atoms with Gasteiger partial charge in [-0.05, 0) is 49.9 Å². The molecule has 0 radical (unpaired) electrons. The summed E-state index contributed by atoms with van der Waals surface area (Å²) in [5, 5.41) is 20.4. The summed E-state index contributed by atoms with van der Waals surface area (Å²) in [6.45, 7) is 11.5. The van der Waals surface area contributed by atoms with Crippen LogP contribution >= 0.6 is 0 Å². The van der Waals surface area contributed by atoms with E-state index in [4.69, 9.17) is 28.4 Å². The first kappa shape index (κ1) is 73.7. The van der Waals surface area contributed by atoms with E-state index >= 15 is 0 Å². The van der Waals surface area contributed by atoms with Crippen molar-refractivity contribution in [1.82, 2.24) is 0 Å². The SMILES string of the molecule is CCCCCCCCCCCCCCOc1ccc(Oc2cc(C#N)c(C#N)cc2Oc2ccc(OCCCCCCCCCCCCCC)c(OCCCCCCCCCCCCCC)c2)cc1OCCCCCCCCCCCCCC. The average Bonchev–Trinajstić information content (AvgIpc) is 3.70. The summed E-state index contributed by atoms with van der Waals surface area (Å²) in [5.41, 5.74) is 0.414. The number of unbranched alkanes of at least 4 members (excludes halogenated alkanes) is 44. The van der Waals surface area contributed by atoms with E-state index in [2.05, 4.69) is 39.8 Å². The molecule has 0 saturated heterocycles. The summed E-state index contributed by atoms with van der Waals surface area (Å²) in [5.74, 6) is 4.35. The third kappa shape index (κ3) is 37.8. The molecule has 0 aliphatic carbocycles. The Labute approximate surface area is 516 Å². The lowest BCUT2D eigenvalue weighted by Crippen LogP contribution is -2.03. The maximum Gasteiger partial charge on any atom is 0.171 e. The molecule has 0 aliphatic rings. The third-order valence-corrected chi connectivity index (χ3v) is 16.6. The van der Waals surface area contributed by atoms with E-state index in [1.165, 1.54) is 257 Å². The zero-order chi connectivity index (χ0) is 59.9. The molecular formula is C76H124N2O6. The molecule has 0 saturated carbocycles. The van der Waals surface area contributed by atoms with E-state index in [-0.39, 0.29) is 11.1 Å². The Morgan fingerprint density at radius 2 is 0.440 bits per heavy atom. The van der Waals surface area contributed by atoms with Crippen molar-refractivity contribution in [3.05, 3.63) is 59.7 Å². The van der Waals surface area contributed by atoms with Crippen LogP contribution in [-0.4, -0.2) is 26.4 Å². The van der Waals surface area contributed by atoms with Crippen molar-refractivity contribution in [3.8, 4) is 58.1 Å². The van der Waals surface area contributed by atoms with Crippen molar-refractivity contribution in [2.24, 2.45) is 0 Å². The van der Waals surface area contributed by atoms with Gasteiger partial charge in [0.25, 0.3) is 0 Å². The fourth-order valence-corrected chi connectivity index (χ4v) is 11.2. The van der Waals surface area contributed by atoms with Gasteiger partial charge < -0.3 is 28.4 Å². The van der Waals surface area contributed by atoms with Gasteiger partial charge >= 0.3 is 0 Å². The first-order valence-corrected chi connectivity index (χ1v) is 35.7. The van der Waals surface area contributed by atoms with Crippen LogP contribution < -0.4 is 28.4 Å². The molecule has 0 spiro atoms. The van der Waals surface area contributed by atoms with E-state index in [1.807, 2.05) is 36.4 Å². The van der Waals surface area contributed by atoms with Gasteiger partial charge in [-0.2, -0.15) is 10.5 Å². The fourth-order valence-electron chi connectivity index (χ4n) is 11.2. The Morgan fingerprint density at radius 1 is 0.238 bits per heavy atom. The third-order valence-electron chi connectivity index (χ3n) is 16.6. The number of nitriles is 2. The molecule has 0 heterocycles. The molecule has 8 heteroatoms. The van der Waals surface area contributed by atoms with Crippen LogP contribution in [0.3, 0.4) is 0 Å². The molecular weight excluding hydrogens is 1040 g/mol. The summed E-state index contributed by atoms with van der Waals surface area (Å²) in [6, 6.07) is 19.0. The van der Waals surface area contributed by atoms with Crippen LogP contribution in [0.25, 0.3) is 0 Å². The number of hydrogen-bond acceptors (Lipinski definition) is 8. The molecule has 0 N–H and O–H groups in total. The van der Waals surface area contributed by atoms with Gasteiger partial charge in [-0.3, -0.25) is 0 Å². The first-order valence-electron chi connectivity index (χ1n) is 35.7. The summed E-state index contributed by atoms with van der Waals surface area (Å²) in [6.07, 6.45) is 61.9. The van der Waals surface area contributed by atoms with Crippen LogP contribution in [0.4, 0.5) is 0 Å². The molecule has 3 rings (SSSR count). The summed E-state index contributed by atoms with van der Waals surface area (Å²) < 4.78 is 39.1. The highest BCUT2D eigenvalue weighted by Gasteiger charge is 2.18. The summed E-state index contributed by atoms with van der Waals surface area (Å²) in [4.78, 5) is 0. The smallest absolute Gasteiger partial charge is 0.171 e. The molecule has 3 aromatic rings. The average molecular weight is 1160 g/mol. The van der Waals surface area contributed by atoms with Crippen molar-refractivity contribution in [2.75, 3.05) is 26.4 Å². The van der Waals surface area contributed by atoms with Crippen LogP contribution in [0.2, 0.25) is 0 Å². The molecule has 0 aromatic heterocycles. The van der Waals surface area contributed by atoms with Crippen LogP contribution in [-0.2, 0) is 0 Å². The molecule has 3 aromatic carbocycles. The van der Waals surface area contributed by atoms with Gasteiger partial charge in [0, 0.05) is 24.3 Å². The molecule has 0 fully saturated rings. The molecule has 8 nitrogen and oxygen atoms in total. The maximum absolute atomic E-state index is 10.2. The summed E-state index contributed by atoms with van der Waals surface area (Å²) >= 11 is 0. The van der Waals surface area contributed by atoms with E-state index in [1.54, 1.807) is 12.1 Å².